The van der Waals surface area contributed by atoms with Crippen molar-refractivity contribution in [3.63, 3.8) is 0 Å². The molecule has 0 spiro atoms. The minimum Gasteiger partial charge on any atom is -0.383 e. The topological polar surface area (TPSA) is 49.3 Å². The molecule has 2 aromatic rings. The Bertz CT molecular complexity index is 686. The summed E-state index contributed by atoms with van der Waals surface area (Å²) in [6.45, 7) is 0.226. The van der Waals surface area contributed by atoms with Crippen LogP contribution in [0.25, 0.3) is 0 Å². The third-order valence-electron chi connectivity index (χ3n) is 3.99. The average molecular weight is 346 g/mol. The van der Waals surface area contributed by atoms with Gasteiger partial charge < -0.3 is 10.4 Å². The standard InChI is InChI=1S/C17H16BrNO2/c18-15-8-4-2-6-13(15)16(20)19-11-17(21)10-9-12-5-1-3-7-14(12)17/h1-8,21H,9-11H2,(H,19,20)/t17-/m1/s1. The first-order valence-corrected chi connectivity index (χ1v) is 7.73. The lowest BCUT2D eigenvalue weighted by Gasteiger charge is -2.24. The van der Waals surface area contributed by atoms with Gasteiger partial charge in [-0.15, -0.1) is 0 Å². The zero-order valence-corrected chi connectivity index (χ0v) is 13.1. The molecule has 1 atom stereocenters. The van der Waals surface area contributed by atoms with Gasteiger partial charge in [0.05, 0.1) is 12.1 Å². The second kappa shape index (κ2) is 5.62. The Hall–Kier alpha value is -1.65. The Kier molecular flexibility index (Phi) is 3.83. The van der Waals surface area contributed by atoms with Gasteiger partial charge in [-0.05, 0) is 52.0 Å². The van der Waals surface area contributed by atoms with Crippen molar-refractivity contribution in [1.82, 2.24) is 5.32 Å². The second-order valence-electron chi connectivity index (χ2n) is 5.35. The molecule has 3 rings (SSSR count). The van der Waals surface area contributed by atoms with E-state index in [-0.39, 0.29) is 12.5 Å². The molecule has 1 amide bonds. The molecule has 0 radical (unpaired) electrons. The van der Waals surface area contributed by atoms with E-state index in [9.17, 15) is 9.90 Å². The highest BCUT2D eigenvalue weighted by atomic mass is 79.9. The molecule has 0 heterocycles. The van der Waals surface area contributed by atoms with Gasteiger partial charge in [0.1, 0.15) is 5.60 Å². The number of hydrogen-bond donors (Lipinski definition) is 2. The molecule has 1 aliphatic rings. The molecule has 0 saturated carbocycles. The summed E-state index contributed by atoms with van der Waals surface area (Å²) in [6.07, 6.45) is 1.49. The van der Waals surface area contributed by atoms with E-state index in [0.717, 1.165) is 22.0 Å². The van der Waals surface area contributed by atoms with Crippen molar-refractivity contribution in [3.8, 4) is 0 Å². The molecule has 108 valence electrons. The summed E-state index contributed by atoms with van der Waals surface area (Å²) in [4.78, 5) is 12.2. The highest BCUT2D eigenvalue weighted by molar-refractivity contribution is 9.10. The van der Waals surface area contributed by atoms with Crippen LogP contribution in [0.1, 0.15) is 27.9 Å². The van der Waals surface area contributed by atoms with Crippen LogP contribution in [0.4, 0.5) is 0 Å². The van der Waals surface area contributed by atoms with Crippen LogP contribution in [0.3, 0.4) is 0 Å². The van der Waals surface area contributed by atoms with Crippen molar-refractivity contribution in [2.75, 3.05) is 6.54 Å². The summed E-state index contributed by atoms with van der Waals surface area (Å²) in [5.41, 5.74) is 1.70. The molecule has 1 aliphatic carbocycles. The lowest BCUT2D eigenvalue weighted by Crippen LogP contribution is -2.39. The maximum atomic E-state index is 12.2. The molecule has 0 aromatic heterocycles. The lowest BCUT2D eigenvalue weighted by atomic mass is 9.96. The number of hydrogen-bond acceptors (Lipinski definition) is 2. The molecule has 3 nitrogen and oxygen atoms in total. The van der Waals surface area contributed by atoms with Gasteiger partial charge in [0.2, 0.25) is 0 Å². The molecular weight excluding hydrogens is 330 g/mol. The summed E-state index contributed by atoms with van der Waals surface area (Å²) in [5.74, 6) is -0.180. The van der Waals surface area contributed by atoms with Gasteiger partial charge >= 0.3 is 0 Å². The number of amides is 1. The Morgan fingerprint density at radius 3 is 2.71 bits per heavy atom. The van der Waals surface area contributed by atoms with E-state index in [4.69, 9.17) is 0 Å². The van der Waals surface area contributed by atoms with Crippen LogP contribution in [-0.4, -0.2) is 17.6 Å². The molecule has 0 fully saturated rings. The highest BCUT2D eigenvalue weighted by Crippen LogP contribution is 2.36. The number of aliphatic hydroxyl groups is 1. The van der Waals surface area contributed by atoms with Gasteiger partial charge in [-0.25, -0.2) is 0 Å². The molecule has 0 saturated heterocycles. The zero-order valence-electron chi connectivity index (χ0n) is 11.5. The largest absolute Gasteiger partial charge is 0.383 e. The Morgan fingerprint density at radius 1 is 1.19 bits per heavy atom. The average Bonchev–Trinajstić information content (AvgIpc) is 2.84. The SMILES string of the molecule is O=C(NC[C@]1(O)CCc2ccccc21)c1ccccc1Br. The first-order valence-electron chi connectivity index (χ1n) is 6.94. The van der Waals surface area contributed by atoms with Gasteiger partial charge in [-0.3, -0.25) is 4.79 Å². The first-order chi connectivity index (χ1) is 10.1. The predicted molar refractivity (Wildman–Crippen MR) is 85.1 cm³/mol. The molecule has 0 bridgehead atoms. The Balaban J connectivity index is 1.74. The van der Waals surface area contributed by atoms with E-state index in [2.05, 4.69) is 21.2 Å². The first kappa shape index (κ1) is 14.3. The van der Waals surface area contributed by atoms with Crippen LogP contribution < -0.4 is 5.32 Å². The van der Waals surface area contributed by atoms with E-state index in [0.29, 0.717) is 12.0 Å². The van der Waals surface area contributed by atoms with Crippen LogP contribution in [0, 0.1) is 0 Å². The van der Waals surface area contributed by atoms with Crippen LogP contribution in [0.15, 0.2) is 53.0 Å². The molecule has 0 unspecified atom stereocenters. The molecule has 0 aliphatic heterocycles. The summed E-state index contributed by atoms with van der Waals surface area (Å²) < 4.78 is 0.751. The quantitative estimate of drug-likeness (QED) is 0.898. The Morgan fingerprint density at radius 2 is 1.90 bits per heavy atom. The van der Waals surface area contributed by atoms with Crippen LogP contribution >= 0.6 is 15.9 Å². The van der Waals surface area contributed by atoms with Gasteiger partial charge in [0.25, 0.3) is 5.91 Å². The highest BCUT2D eigenvalue weighted by Gasteiger charge is 2.36. The van der Waals surface area contributed by atoms with Crippen molar-refractivity contribution in [2.24, 2.45) is 0 Å². The molecule has 4 heteroatoms. The Labute approximate surface area is 132 Å². The number of halogens is 1. The van der Waals surface area contributed by atoms with Crippen LogP contribution in [0.5, 0.6) is 0 Å². The van der Waals surface area contributed by atoms with E-state index >= 15 is 0 Å². The van der Waals surface area contributed by atoms with Crippen molar-refractivity contribution in [2.45, 2.75) is 18.4 Å². The number of carbonyl (C=O) groups is 1. The van der Waals surface area contributed by atoms with Gasteiger partial charge in [0.15, 0.2) is 0 Å². The maximum Gasteiger partial charge on any atom is 0.252 e. The number of rotatable bonds is 3. The van der Waals surface area contributed by atoms with E-state index in [1.807, 2.05) is 42.5 Å². The third-order valence-corrected chi connectivity index (χ3v) is 4.68. The van der Waals surface area contributed by atoms with Gasteiger partial charge in [-0.1, -0.05) is 36.4 Å². The molecular formula is C17H16BrNO2. The van der Waals surface area contributed by atoms with Crippen molar-refractivity contribution in [1.29, 1.82) is 0 Å². The van der Waals surface area contributed by atoms with E-state index in [1.54, 1.807) is 6.07 Å². The number of carbonyl (C=O) groups excluding carboxylic acids is 1. The predicted octanol–water partition coefficient (Wildman–Crippen LogP) is 3.01. The second-order valence-corrected chi connectivity index (χ2v) is 6.21. The summed E-state index contributed by atoms with van der Waals surface area (Å²) in [6, 6.07) is 15.1. The number of aryl methyl sites for hydroxylation is 1. The minimum absolute atomic E-state index is 0.180. The fraction of sp³-hybridized carbons (Fsp3) is 0.235. The van der Waals surface area contributed by atoms with Crippen LogP contribution in [-0.2, 0) is 12.0 Å². The van der Waals surface area contributed by atoms with Gasteiger partial charge in [0, 0.05) is 4.47 Å². The fourth-order valence-corrected chi connectivity index (χ4v) is 3.28. The summed E-state index contributed by atoms with van der Waals surface area (Å²) in [5, 5.41) is 13.6. The number of benzene rings is 2. The third kappa shape index (κ3) is 2.74. The normalized spacial score (nSPS) is 20.1. The summed E-state index contributed by atoms with van der Waals surface area (Å²) >= 11 is 3.37. The smallest absolute Gasteiger partial charge is 0.252 e. The van der Waals surface area contributed by atoms with Crippen molar-refractivity contribution < 1.29 is 9.90 Å². The van der Waals surface area contributed by atoms with E-state index < -0.39 is 5.60 Å². The minimum atomic E-state index is -0.965. The number of nitrogens with one attached hydrogen (secondary N) is 1. The zero-order chi connectivity index (χ0) is 14.9. The summed E-state index contributed by atoms with van der Waals surface area (Å²) in [7, 11) is 0. The number of fused-ring (bicyclic) bond motifs is 1. The molecule has 2 aromatic carbocycles. The maximum absolute atomic E-state index is 12.2. The van der Waals surface area contributed by atoms with E-state index in [1.165, 1.54) is 0 Å². The fourth-order valence-electron chi connectivity index (χ4n) is 2.82. The molecule has 21 heavy (non-hydrogen) atoms. The van der Waals surface area contributed by atoms with Gasteiger partial charge in [-0.2, -0.15) is 0 Å². The monoisotopic (exact) mass is 345 g/mol. The van der Waals surface area contributed by atoms with Crippen molar-refractivity contribution in [3.05, 3.63) is 69.7 Å². The lowest BCUT2D eigenvalue weighted by molar-refractivity contribution is 0.0369. The van der Waals surface area contributed by atoms with Crippen LogP contribution in [0.2, 0.25) is 0 Å². The molecule has 2 N–H and O–H groups in total. The van der Waals surface area contributed by atoms with Crippen molar-refractivity contribution >= 4 is 21.8 Å².